The number of carbonyl (C=O) groups is 1. The standard InChI is InChI=1S/C20H36O3/c1-3-5-6-7-8-9-10-11-12-13-14-15-16-17-20(22)23-19(4-2)18-21/h3,9-10,19,21H,1,4-8,11-18H2,2H3/b10-9-. The zero-order valence-electron chi connectivity index (χ0n) is 15.0. The molecule has 0 amide bonds. The smallest absolute Gasteiger partial charge is 0.306 e. The highest BCUT2D eigenvalue weighted by molar-refractivity contribution is 5.69. The Balaban J connectivity index is 3.31. The molecule has 1 atom stereocenters. The number of ether oxygens (including phenoxy) is 1. The number of aliphatic hydroxyl groups is 1. The van der Waals surface area contributed by atoms with Crippen molar-refractivity contribution in [2.75, 3.05) is 6.61 Å². The van der Waals surface area contributed by atoms with E-state index in [1.54, 1.807) is 0 Å². The summed E-state index contributed by atoms with van der Waals surface area (Å²) in [6.45, 7) is 5.55. The Hall–Kier alpha value is -1.09. The van der Waals surface area contributed by atoms with Gasteiger partial charge in [0.05, 0.1) is 6.61 Å². The fraction of sp³-hybridized carbons (Fsp3) is 0.750. The van der Waals surface area contributed by atoms with E-state index in [-0.39, 0.29) is 18.7 Å². The average molecular weight is 325 g/mol. The molecule has 1 unspecified atom stereocenters. The van der Waals surface area contributed by atoms with Gasteiger partial charge < -0.3 is 9.84 Å². The van der Waals surface area contributed by atoms with E-state index in [9.17, 15) is 4.79 Å². The largest absolute Gasteiger partial charge is 0.460 e. The molecule has 3 nitrogen and oxygen atoms in total. The van der Waals surface area contributed by atoms with Crippen LogP contribution in [0.25, 0.3) is 0 Å². The van der Waals surface area contributed by atoms with Crippen molar-refractivity contribution in [1.29, 1.82) is 0 Å². The number of hydrogen-bond acceptors (Lipinski definition) is 3. The SMILES string of the molecule is C=CCCCC/C=C\CCCCCCCC(=O)OC(CC)CO. The van der Waals surface area contributed by atoms with E-state index in [0.717, 1.165) is 25.7 Å². The van der Waals surface area contributed by atoms with Crippen molar-refractivity contribution in [3.8, 4) is 0 Å². The molecule has 0 aliphatic carbocycles. The Morgan fingerprint density at radius 3 is 2.17 bits per heavy atom. The third-order valence-electron chi connectivity index (χ3n) is 3.90. The number of aliphatic hydroxyl groups excluding tert-OH is 1. The van der Waals surface area contributed by atoms with Gasteiger partial charge in [-0.05, 0) is 51.4 Å². The molecule has 0 saturated heterocycles. The van der Waals surface area contributed by atoms with Crippen LogP contribution in [0.5, 0.6) is 0 Å². The summed E-state index contributed by atoms with van der Waals surface area (Å²) in [7, 11) is 0. The summed E-state index contributed by atoms with van der Waals surface area (Å²) in [5, 5.41) is 8.97. The van der Waals surface area contributed by atoms with Gasteiger partial charge in [-0.2, -0.15) is 0 Å². The van der Waals surface area contributed by atoms with Crippen LogP contribution in [0.15, 0.2) is 24.8 Å². The maximum Gasteiger partial charge on any atom is 0.306 e. The van der Waals surface area contributed by atoms with Gasteiger partial charge in [0.1, 0.15) is 6.10 Å². The topological polar surface area (TPSA) is 46.5 Å². The Bertz CT molecular complexity index is 306. The Morgan fingerprint density at radius 2 is 1.57 bits per heavy atom. The summed E-state index contributed by atoms with van der Waals surface area (Å²) in [5.74, 6) is -0.176. The molecule has 23 heavy (non-hydrogen) atoms. The van der Waals surface area contributed by atoms with Gasteiger partial charge in [-0.3, -0.25) is 4.79 Å². The van der Waals surface area contributed by atoms with Gasteiger partial charge in [0.15, 0.2) is 0 Å². The van der Waals surface area contributed by atoms with E-state index in [2.05, 4.69) is 18.7 Å². The predicted molar refractivity (Wildman–Crippen MR) is 97.4 cm³/mol. The molecule has 3 heteroatoms. The second-order valence-corrected chi connectivity index (χ2v) is 6.05. The lowest BCUT2D eigenvalue weighted by Gasteiger charge is -2.12. The van der Waals surface area contributed by atoms with E-state index in [1.807, 2.05) is 13.0 Å². The molecule has 0 radical (unpaired) electrons. The van der Waals surface area contributed by atoms with Gasteiger partial charge in [-0.15, -0.1) is 6.58 Å². The van der Waals surface area contributed by atoms with Crippen LogP contribution in [0, 0.1) is 0 Å². The Kier molecular flexibility index (Phi) is 16.4. The molecular formula is C20H36O3. The molecule has 0 saturated carbocycles. The summed E-state index contributed by atoms with van der Waals surface area (Å²) in [6, 6.07) is 0. The number of esters is 1. The van der Waals surface area contributed by atoms with Crippen LogP contribution in [0.2, 0.25) is 0 Å². The Labute approximate surface area is 142 Å². The van der Waals surface area contributed by atoms with Crippen LogP contribution >= 0.6 is 0 Å². The molecule has 1 N–H and O–H groups in total. The predicted octanol–water partition coefficient (Wildman–Crippen LogP) is 5.33. The minimum Gasteiger partial charge on any atom is -0.460 e. The number of hydrogen-bond donors (Lipinski definition) is 1. The molecule has 0 aliphatic rings. The van der Waals surface area contributed by atoms with Crippen molar-refractivity contribution in [2.24, 2.45) is 0 Å². The molecule has 0 rings (SSSR count). The molecule has 0 spiro atoms. The van der Waals surface area contributed by atoms with E-state index in [4.69, 9.17) is 9.84 Å². The minimum absolute atomic E-state index is 0.0794. The first-order valence-electron chi connectivity index (χ1n) is 9.30. The molecule has 0 aromatic carbocycles. The zero-order valence-corrected chi connectivity index (χ0v) is 15.0. The third-order valence-corrected chi connectivity index (χ3v) is 3.90. The quantitative estimate of drug-likeness (QED) is 0.237. The average Bonchev–Trinajstić information content (AvgIpc) is 2.56. The minimum atomic E-state index is -0.328. The highest BCUT2D eigenvalue weighted by atomic mass is 16.5. The van der Waals surface area contributed by atoms with Crippen LogP contribution in [0.3, 0.4) is 0 Å². The third kappa shape index (κ3) is 15.6. The number of unbranched alkanes of at least 4 members (excludes halogenated alkanes) is 8. The first kappa shape index (κ1) is 21.9. The molecule has 0 heterocycles. The lowest BCUT2D eigenvalue weighted by Crippen LogP contribution is -2.20. The molecule has 0 bridgehead atoms. The highest BCUT2D eigenvalue weighted by Crippen LogP contribution is 2.10. The van der Waals surface area contributed by atoms with Gasteiger partial charge in [0, 0.05) is 6.42 Å². The molecular weight excluding hydrogens is 288 g/mol. The summed E-state index contributed by atoms with van der Waals surface area (Å²) in [6.07, 6.45) is 19.0. The zero-order chi connectivity index (χ0) is 17.2. The van der Waals surface area contributed by atoms with Crippen LogP contribution in [-0.2, 0) is 9.53 Å². The van der Waals surface area contributed by atoms with Crippen LogP contribution in [-0.4, -0.2) is 23.8 Å². The van der Waals surface area contributed by atoms with Crippen molar-refractivity contribution in [3.05, 3.63) is 24.8 Å². The second-order valence-electron chi connectivity index (χ2n) is 6.05. The van der Waals surface area contributed by atoms with Crippen molar-refractivity contribution >= 4 is 5.97 Å². The molecule has 0 aromatic rings. The normalized spacial score (nSPS) is 12.4. The fourth-order valence-corrected chi connectivity index (χ4v) is 2.34. The molecule has 134 valence electrons. The van der Waals surface area contributed by atoms with E-state index < -0.39 is 0 Å². The molecule has 0 aliphatic heterocycles. The number of carbonyl (C=O) groups excluding carboxylic acids is 1. The van der Waals surface area contributed by atoms with E-state index in [1.165, 1.54) is 38.5 Å². The van der Waals surface area contributed by atoms with Crippen molar-refractivity contribution < 1.29 is 14.6 Å². The van der Waals surface area contributed by atoms with Crippen LogP contribution in [0.1, 0.15) is 84.0 Å². The van der Waals surface area contributed by atoms with Gasteiger partial charge in [-0.1, -0.05) is 44.4 Å². The first-order chi connectivity index (χ1) is 11.2. The van der Waals surface area contributed by atoms with Gasteiger partial charge in [-0.25, -0.2) is 0 Å². The second kappa shape index (κ2) is 17.3. The monoisotopic (exact) mass is 324 g/mol. The molecule has 0 aromatic heterocycles. The number of allylic oxidation sites excluding steroid dienone is 3. The summed E-state index contributed by atoms with van der Waals surface area (Å²) in [4.78, 5) is 11.5. The lowest BCUT2D eigenvalue weighted by atomic mass is 10.1. The first-order valence-corrected chi connectivity index (χ1v) is 9.30. The van der Waals surface area contributed by atoms with Crippen molar-refractivity contribution in [1.82, 2.24) is 0 Å². The van der Waals surface area contributed by atoms with Gasteiger partial charge in [0.2, 0.25) is 0 Å². The van der Waals surface area contributed by atoms with E-state index >= 15 is 0 Å². The summed E-state index contributed by atoms with van der Waals surface area (Å²) < 4.78 is 5.15. The van der Waals surface area contributed by atoms with Crippen LogP contribution < -0.4 is 0 Å². The summed E-state index contributed by atoms with van der Waals surface area (Å²) in [5.41, 5.74) is 0. The number of rotatable bonds is 16. The van der Waals surface area contributed by atoms with E-state index in [0.29, 0.717) is 12.8 Å². The summed E-state index contributed by atoms with van der Waals surface area (Å²) >= 11 is 0. The van der Waals surface area contributed by atoms with Gasteiger partial charge >= 0.3 is 5.97 Å². The van der Waals surface area contributed by atoms with Crippen molar-refractivity contribution in [3.63, 3.8) is 0 Å². The highest BCUT2D eigenvalue weighted by Gasteiger charge is 2.10. The Morgan fingerprint density at radius 1 is 1.00 bits per heavy atom. The maximum atomic E-state index is 11.5. The van der Waals surface area contributed by atoms with Crippen molar-refractivity contribution in [2.45, 2.75) is 90.1 Å². The van der Waals surface area contributed by atoms with Gasteiger partial charge in [0.25, 0.3) is 0 Å². The molecule has 0 fully saturated rings. The fourth-order valence-electron chi connectivity index (χ4n) is 2.34. The van der Waals surface area contributed by atoms with Crippen LogP contribution in [0.4, 0.5) is 0 Å². The maximum absolute atomic E-state index is 11.5. The lowest BCUT2D eigenvalue weighted by molar-refractivity contribution is -0.151.